The van der Waals surface area contributed by atoms with Crippen LogP contribution in [-0.4, -0.2) is 14.3 Å². The third-order valence-corrected chi connectivity index (χ3v) is 5.52. The van der Waals surface area contributed by atoms with Crippen LogP contribution in [0, 0.1) is 17.5 Å². The van der Waals surface area contributed by atoms with Crippen molar-refractivity contribution in [3.8, 4) is 0 Å². The number of hydrogen-bond acceptors (Lipinski definition) is 3. The first-order chi connectivity index (χ1) is 14.9. The smallest absolute Gasteiger partial charge is 0.319 e. The molecule has 2 N–H and O–H groups in total. The van der Waals surface area contributed by atoms with Crippen molar-refractivity contribution in [3.05, 3.63) is 89.2 Å². The van der Waals surface area contributed by atoms with E-state index in [1.54, 1.807) is 0 Å². The van der Waals surface area contributed by atoms with Gasteiger partial charge in [0.2, 0.25) is 0 Å². The van der Waals surface area contributed by atoms with Gasteiger partial charge in [-0.3, -0.25) is 9.52 Å². The molecule has 0 spiro atoms. The number of alkyl halides is 3. The minimum absolute atomic E-state index is 0.146. The van der Waals surface area contributed by atoms with Crippen LogP contribution in [0.5, 0.6) is 0 Å². The number of carbonyl (C=O) groups is 1. The highest BCUT2D eigenvalue weighted by atomic mass is 32.2. The fourth-order valence-electron chi connectivity index (χ4n) is 2.57. The molecule has 3 rings (SSSR count). The number of sulfonamides is 1. The standard InChI is InChI=1S/C20H12F6N2O3S/c21-15-9-17(23)18(10-16(15)22)27-19(29)11-4-6-14(7-5-11)32(30,31)28-13-3-1-2-12(8-13)20(24,25)26/h1-10,28H,(H,27,29). The van der Waals surface area contributed by atoms with Crippen molar-refractivity contribution >= 4 is 27.3 Å². The molecular weight excluding hydrogens is 462 g/mol. The molecule has 5 nitrogen and oxygen atoms in total. The summed E-state index contributed by atoms with van der Waals surface area (Å²) in [6, 6.07) is 8.34. The number of nitrogens with one attached hydrogen (secondary N) is 2. The van der Waals surface area contributed by atoms with E-state index in [0.29, 0.717) is 12.1 Å². The number of hydrogen-bond donors (Lipinski definition) is 2. The molecule has 0 radical (unpaired) electrons. The van der Waals surface area contributed by atoms with Crippen molar-refractivity contribution in [1.29, 1.82) is 0 Å². The molecule has 0 aliphatic carbocycles. The Kier molecular flexibility index (Phi) is 6.17. The molecule has 0 heterocycles. The van der Waals surface area contributed by atoms with E-state index in [4.69, 9.17) is 0 Å². The highest BCUT2D eigenvalue weighted by Gasteiger charge is 2.30. The average molecular weight is 474 g/mol. The molecular formula is C20H12F6N2O3S. The molecule has 0 bridgehead atoms. The van der Waals surface area contributed by atoms with E-state index in [9.17, 15) is 39.6 Å². The quantitative estimate of drug-likeness (QED) is 0.396. The van der Waals surface area contributed by atoms with Crippen LogP contribution in [0.1, 0.15) is 15.9 Å². The average Bonchev–Trinajstić information content (AvgIpc) is 2.71. The van der Waals surface area contributed by atoms with E-state index in [-0.39, 0.29) is 22.2 Å². The molecule has 168 valence electrons. The zero-order valence-electron chi connectivity index (χ0n) is 15.7. The van der Waals surface area contributed by atoms with Crippen LogP contribution in [0.4, 0.5) is 37.7 Å². The molecule has 0 unspecified atom stereocenters. The number of halogens is 6. The fraction of sp³-hybridized carbons (Fsp3) is 0.0500. The van der Waals surface area contributed by atoms with Crippen LogP contribution in [0.15, 0.2) is 65.6 Å². The van der Waals surface area contributed by atoms with E-state index in [1.165, 1.54) is 0 Å². The Balaban J connectivity index is 1.77. The van der Waals surface area contributed by atoms with Gasteiger partial charge in [0.1, 0.15) is 5.82 Å². The van der Waals surface area contributed by atoms with E-state index in [0.717, 1.165) is 42.5 Å². The molecule has 0 aliphatic heterocycles. The van der Waals surface area contributed by atoms with E-state index >= 15 is 0 Å². The maximum Gasteiger partial charge on any atom is 0.416 e. The van der Waals surface area contributed by atoms with Gasteiger partial charge in [-0.25, -0.2) is 21.6 Å². The van der Waals surface area contributed by atoms with Crippen LogP contribution in [0.3, 0.4) is 0 Å². The zero-order chi connectivity index (χ0) is 23.7. The van der Waals surface area contributed by atoms with Crippen molar-refractivity contribution in [3.63, 3.8) is 0 Å². The molecule has 12 heteroatoms. The number of carbonyl (C=O) groups excluding carboxylic acids is 1. The summed E-state index contributed by atoms with van der Waals surface area (Å²) in [6.07, 6.45) is -4.66. The van der Waals surface area contributed by atoms with Crippen LogP contribution >= 0.6 is 0 Å². The monoisotopic (exact) mass is 474 g/mol. The first kappa shape index (κ1) is 23.1. The first-order valence-electron chi connectivity index (χ1n) is 8.63. The second kappa shape index (κ2) is 8.54. The van der Waals surface area contributed by atoms with Gasteiger partial charge >= 0.3 is 6.18 Å². The lowest BCUT2D eigenvalue weighted by molar-refractivity contribution is -0.137. The van der Waals surface area contributed by atoms with Crippen molar-refractivity contribution in [2.45, 2.75) is 11.1 Å². The van der Waals surface area contributed by atoms with Crippen molar-refractivity contribution in [2.24, 2.45) is 0 Å². The van der Waals surface area contributed by atoms with Gasteiger partial charge in [-0.1, -0.05) is 6.07 Å². The Morgan fingerprint density at radius 2 is 1.44 bits per heavy atom. The molecule has 0 atom stereocenters. The SMILES string of the molecule is O=C(Nc1cc(F)c(F)cc1F)c1ccc(S(=O)(=O)Nc2cccc(C(F)(F)F)c2)cc1. The summed E-state index contributed by atoms with van der Waals surface area (Å²) in [7, 11) is -4.29. The number of benzene rings is 3. The summed E-state index contributed by atoms with van der Waals surface area (Å²) in [4.78, 5) is 11.8. The summed E-state index contributed by atoms with van der Waals surface area (Å²) in [5, 5.41) is 2.02. The normalized spacial score (nSPS) is 11.8. The van der Waals surface area contributed by atoms with Crippen molar-refractivity contribution in [2.75, 3.05) is 10.0 Å². The van der Waals surface area contributed by atoms with Crippen molar-refractivity contribution in [1.82, 2.24) is 0 Å². The summed E-state index contributed by atoms with van der Waals surface area (Å²) >= 11 is 0. The summed E-state index contributed by atoms with van der Waals surface area (Å²) < 4.78 is 105. The largest absolute Gasteiger partial charge is 0.416 e. The third-order valence-electron chi connectivity index (χ3n) is 4.13. The fourth-order valence-corrected chi connectivity index (χ4v) is 3.62. The third kappa shape index (κ3) is 5.19. The molecule has 1 amide bonds. The van der Waals surface area contributed by atoms with Gasteiger partial charge < -0.3 is 5.32 Å². The van der Waals surface area contributed by atoms with Gasteiger partial charge in [-0.15, -0.1) is 0 Å². The second-order valence-electron chi connectivity index (χ2n) is 6.41. The van der Waals surface area contributed by atoms with Gasteiger partial charge in [0.25, 0.3) is 15.9 Å². The lowest BCUT2D eigenvalue weighted by Gasteiger charge is -2.12. The van der Waals surface area contributed by atoms with Crippen LogP contribution in [0.25, 0.3) is 0 Å². The molecule has 0 aliphatic rings. The molecule has 0 aromatic heterocycles. The topological polar surface area (TPSA) is 75.3 Å². The van der Waals surface area contributed by atoms with E-state index in [1.807, 2.05) is 10.0 Å². The minimum Gasteiger partial charge on any atom is -0.319 e. The summed E-state index contributed by atoms with van der Waals surface area (Å²) in [5.41, 5.74) is -2.14. The minimum atomic E-state index is -4.66. The highest BCUT2D eigenvalue weighted by Crippen LogP contribution is 2.31. The first-order valence-corrected chi connectivity index (χ1v) is 10.1. The Hall–Kier alpha value is -3.54. The number of rotatable bonds is 5. The van der Waals surface area contributed by atoms with Gasteiger partial charge in [0.05, 0.1) is 16.1 Å². The second-order valence-corrected chi connectivity index (χ2v) is 8.09. The molecule has 3 aromatic rings. The van der Waals surface area contributed by atoms with Crippen LogP contribution in [0.2, 0.25) is 0 Å². The highest BCUT2D eigenvalue weighted by molar-refractivity contribution is 7.92. The molecule has 0 fully saturated rings. The van der Waals surface area contributed by atoms with Crippen LogP contribution < -0.4 is 10.0 Å². The van der Waals surface area contributed by atoms with Gasteiger partial charge in [-0.2, -0.15) is 13.2 Å². The molecule has 3 aromatic carbocycles. The van der Waals surface area contributed by atoms with Gasteiger partial charge in [0.15, 0.2) is 11.6 Å². The lowest BCUT2D eigenvalue weighted by Crippen LogP contribution is -2.16. The Labute approximate surface area is 177 Å². The van der Waals surface area contributed by atoms with Gasteiger partial charge in [-0.05, 0) is 42.5 Å². The Bertz CT molecular complexity index is 1280. The number of anilines is 2. The molecule has 0 saturated heterocycles. The van der Waals surface area contributed by atoms with Crippen LogP contribution in [-0.2, 0) is 16.2 Å². The molecule has 32 heavy (non-hydrogen) atoms. The van der Waals surface area contributed by atoms with E-state index in [2.05, 4.69) is 0 Å². The predicted octanol–water partition coefficient (Wildman–Crippen LogP) is 5.18. The lowest BCUT2D eigenvalue weighted by atomic mass is 10.2. The van der Waals surface area contributed by atoms with Crippen molar-refractivity contribution < 1.29 is 39.6 Å². The molecule has 0 saturated carbocycles. The summed E-state index contributed by atoms with van der Waals surface area (Å²) in [6.45, 7) is 0. The maximum absolute atomic E-state index is 13.7. The maximum atomic E-state index is 13.7. The van der Waals surface area contributed by atoms with E-state index < -0.39 is 50.8 Å². The summed E-state index contributed by atoms with van der Waals surface area (Å²) in [5.74, 6) is -4.99. The Morgan fingerprint density at radius 1 is 0.812 bits per heavy atom. The zero-order valence-corrected chi connectivity index (χ0v) is 16.5. The predicted molar refractivity (Wildman–Crippen MR) is 103 cm³/mol. The Morgan fingerprint density at radius 3 is 2.06 bits per heavy atom. The van der Waals surface area contributed by atoms with Gasteiger partial charge in [0, 0.05) is 23.4 Å². The number of amides is 1.